The van der Waals surface area contributed by atoms with Crippen LogP contribution in [-0.2, 0) is 0 Å². The van der Waals surface area contributed by atoms with E-state index in [1.807, 2.05) is 11.3 Å². The van der Waals surface area contributed by atoms with Crippen LogP contribution in [0, 0.1) is 12.8 Å². The zero-order valence-corrected chi connectivity index (χ0v) is 14.6. The Hall–Kier alpha value is 0.140. The number of hydrogen-bond donors (Lipinski definition) is 1. The molecule has 0 aromatic carbocycles. The van der Waals surface area contributed by atoms with Gasteiger partial charge in [-0.25, -0.2) is 0 Å². The van der Waals surface area contributed by atoms with Gasteiger partial charge in [0.05, 0.1) is 3.79 Å². The molecule has 0 aliphatic heterocycles. The molecule has 0 saturated heterocycles. The summed E-state index contributed by atoms with van der Waals surface area (Å²) in [6, 6.07) is 2.89. The van der Waals surface area contributed by atoms with E-state index in [-0.39, 0.29) is 0 Å². The summed E-state index contributed by atoms with van der Waals surface area (Å²) < 4.78 is 1.27. The lowest BCUT2D eigenvalue weighted by atomic mass is 9.83. The van der Waals surface area contributed by atoms with E-state index in [4.69, 9.17) is 0 Å². The summed E-state index contributed by atoms with van der Waals surface area (Å²) in [4.78, 5) is 1.47. The molecule has 1 atom stereocenters. The van der Waals surface area contributed by atoms with Gasteiger partial charge in [-0.2, -0.15) is 0 Å². The van der Waals surface area contributed by atoms with Crippen LogP contribution < -0.4 is 5.32 Å². The van der Waals surface area contributed by atoms with Crippen LogP contribution in [-0.4, -0.2) is 6.54 Å². The van der Waals surface area contributed by atoms with Gasteiger partial charge in [-0.3, -0.25) is 0 Å². The Morgan fingerprint density at radius 2 is 2.11 bits per heavy atom. The summed E-state index contributed by atoms with van der Waals surface area (Å²) >= 11 is 5.51. The van der Waals surface area contributed by atoms with Crippen LogP contribution in [0.3, 0.4) is 0 Å². The average molecular weight is 344 g/mol. The third-order valence-electron chi connectivity index (χ3n) is 4.24. The van der Waals surface area contributed by atoms with Gasteiger partial charge in [0.25, 0.3) is 0 Å². The standard InChI is InChI=1S/C16H26BrNS/c1-3-9-18-15(10-13-7-5-4-6-8-13)14-11-16(17)19-12(14)2/h11,13,15,18H,3-10H2,1-2H3. The second-order valence-electron chi connectivity index (χ2n) is 5.81. The van der Waals surface area contributed by atoms with Gasteiger partial charge < -0.3 is 5.32 Å². The Balaban J connectivity index is 2.04. The van der Waals surface area contributed by atoms with Crippen molar-refractivity contribution in [2.75, 3.05) is 6.54 Å². The van der Waals surface area contributed by atoms with E-state index < -0.39 is 0 Å². The predicted molar refractivity (Wildman–Crippen MR) is 89.0 cm³/mol. The molecule has 0 amide bonds. The largest absolute Gasteiger partial charge is 0.310 e. The highest BCUT2D eigenvalue weighted by Gasteiger charge is 2.22. The van der Waals surface area contributed by atoms with Crippen molar-refractivity contribution in [1.29, 1.82) is 0 Å². The fraction of sp³-hybridized carbons (Fsp3) is 0.750. The molecule has 2 rings (SSSR count). The molecule has 1 nitrogen and oxygen atoms in total. The molecule has 1 unspecified atom stereocenters. The number of aryl methyl sites for hydroxylation is 1. The molecule has 1 heterocycles. The average Bonchev–Trinajstić information content (AvgIpc) is 2.75. The second-order valence-corrected chi connectivity index (χ2v) is 8.44. The molecular formula is C16H26BrNS. The first-order valence-electron chi connectivity index (χ1n) is 7.70. The Morgan fingerprint density at radius 1 is 1.37 bits per heavy atom. The van der Waals surface area contributed by atoms with Gasteiger partial charge in [-0.05, 0) is 59.8 Å². The van der Waals surface area contributed by atoms with E-state index in [0.29, 0.717) is 6.04 Å². The van der Waals surface area contributed by atoms with Crippen LogP contribution in [0.5, 0.6) is 0 Å². The van der Waals surface area contributed by atoms with E-state index in [1.54, 1.807) is 0 Å². The molecule has 3 heteroatoms. The lowest BCUT2D eigenvalue weighted by Crippen LogP contribution is -2.25. The van der Waals surface area contributed by atoms with Crippen molar-refractivity contribution in [2.45, 2.75) is 64.8 Å². The third kappa shape index (κ3) is 4.57. The Kier molecular flexibility index (Phi) is 6.37. The van der Waals surface area contributed by atoms with Crippen molar-refractivity contribution in [2.24, 2.45) is 5.92 Å². The molecule has 1 aliphatic carbocycles. The van der Waals surface area contributed by atoms with Gasteiger partial charge >= 0.3 is 0 Å². The molecule has 1 aromatic heterocycles. The number of hydrogen-bond acceptors (Lipinski definition) is 2. The van der Waals surface area contributed by atoms with E-state index in [1.165, 1.54) is 59.2 Å². The van der Waals surface area contributed by atoms with Crippen LogP contribution >= 0.6 is 27.3 Å². The van der Waals surface area contributed by atoms with Crippen molar-refractivity contribution in [3.05, 3.63) is 20.3 Å². The highest BCUT2D eigenvalue weighted by Crippen LogP contribution is 2.36. The molecule has 1 saturated carbocycles. The van der Waals surface area contributed by atoms with Gasteiger partial charge in [-0.1, -0.05) is 39.0 Å². The van der Waals surface area contributed by atoms with Crippen molar-refractivity contribution in [1.82, 2.24) is 5.32 Å². The molecule has 108 valence electrons. The minimum absolute atomic E-state index is 0.561. The number of rotatable bonds is 6. The molecule has 1 aromatic rings. The summed E-state index contributed by atoms with van der Waals surface area (Å²) in [5.41, 5.74) is 1.52. The van der Waals surface area contributed by atoms with Crippen molar-refractivity contribution < 1.29 is 0 Å². The zero-order chi connectivity index (χ0) is 13.7. The fourth-order valence-corrected chi connectivity index (χ4v) is 4.97. The number of nitrogens with one attached hydrogen (secondary N) is 1. The van der Waals surface area contributed by atoms with Crippen LogP contribution in [0.25, 0.3) is 0 Å². The molecule has 1 fully saturated rings. The quantitative estimate of drug-likeness (QED) is 0.684. The summed E-state index contributed by atoms with van der Waals surface area (Å²) in [5.74, 6) is 0.932. The van der Waals surface area contributed by atoms with Crippen LogP contribution in [0.4, 0.5) is 0 Å². The van der Waals surface area contributed by atoms with Gasteiger partial charge in [0, 0.05) is 10.9 Å². The maximum Gasteiger partial charge on any atom is 0.0704 e. The van der Waals surface area contributed by atoms with Crippen molar-refractivity contribution in [3.63, 3.8) is 0 Å². The molecule has 0 radical (unpaired) electrons. The monoisotopic (exact) mass is 343 g/mol. The van der Waals surface area contributed by atoms with E-state index in [9.17, 15) is 0 Å². The minimum atomic E-state index is 0.561. The molecular weight excluding hydrogens is 318 g/mol. The molecule has 19 heavy (non-hydrogen) atoms. The highest BCUT2D eigenvalue weighted by atomic mass is 79.9. The summed E-state index contributed by atoms with van der Waals surface area (Å²) in [7, 11) is 0. The second kappa shape index (κ2) is 7.80. The van der Waals surface area contributed by atoms with Gasteiger partial charge in [0.1, 0.15) is 0 Å². The smallest absolute Gasteiger partial charge is 0.0704 e. The maximum atomic E-state index is 3.77. The first-order valence-corrected chi connectivity index (χ1v) is 9.31. The van der Waals surface area contributed by atoms with Crippen LogP contribution in [0.2, 0.25) is 0 Å². The van der Waals surface area contributed by atoms with E-state index >= 15 is 0 Å². The number of halogens is 1. The Morgan fingerprint density at radius 3 is 2.68 bits per heavy atom. The van der Waals surface area contributed by atoms with E-state index in [0.717, 1.165) is 12.5 Å². The highest BCUT2D eigenvalue weighted by molar-refractivity contribution is 9.11. The topological polar surface area (TPSA) is 12.0 Å². The zero-order valence-electron chi connectivity index (χ0n) is 12.2. The summed E-state index contributed by atoms with van der Waals surface area (Å²) in [6.45, 7) is 5.64. The lowest BCUT2D eigenvalue weighted by molar-refractivity contribution is 0.300. The van der Waals surface area contributed by atoms with Crippen molar-refractivity contribution in [3.8, 4) is 0 Å². The van der Waals surface area contributed by atoms with Crippen LogP contribution in [0.15, 0.2) is 9.85 Å². The first-order chi connectivity index (χ1) is 9.20. The maximum absolute atomic E-state index is 3.77. The normalized spacial score (nSPS) is 18.7. The SMILES string of the molecule is CCCNC(CC1CCCCC1)c1cc(Br)sc1C. The molecule has 0 bridgehead atoms. The minimum Gasteiger partial charge on any atom is -0.310 e. The molecule has 1 aliphatic rings. The summed E-state index contributed by atoms with van der Waals surface area (Å²) in [5, 5.41) is 3.77. The van der Waals surface area contributed by atoms with Crippen LogP contribution in [0.1, 0.15) is 68.4 Å². The van der Waals surface area contributed by atoms with Gasteiger partial charge in [0.2, 0.25) is 0 Å². The lowest BCUT2D eigenvalue weighted by Gasteiger charge is -2.27. The fourth-order valence-electron chi connectivity index (χ4n) is 3.20. The Bertz CT molecular complexity index is 382. The Labute approximate surface area is 130 Å². The van der Waals surface area contributed by atoms with Gasteiger partial charge in [0.15, 0.2) is 0 Å². The van der Waals surface area contributed by atoms with Gasteiger partial charge in [-0.15, -0.1) is 11.3 Å². The molecule has 1 N–H and O–H groups in total. The van der Waals surface area contributed by atoms with Crippen molar-refractivity contribution >= 4 is 27.3 Å². The first kappa shape index (κ1) is 15.5. The van der Waals surface area contributed by atoms with E-state index in [2.05, 4.69) is 41.2 Å². The number of thiophene rings is 1. The summed E-state index contributed by atoms with van der Waals surface area (Å²) in [6.07, 6.45) is 9.75. The predicted octanol–water partition coefficient (Wildman–Crippen LogP) is 5.83. The molecule has 0 spiro atoms. The third-order valence-corrected chi connectivity index (χ3v) is 5.81.